The van der Waals surface area contributed by atoms with E-state index in [9.17, 15) is 10.1 Å². The lowest BCUT2D eigenvalue weighted by atomic mass is 9.90. The van der Waals surface area contributed by atoms with Gasteiger partial charge in [0.25, 0.3) is 0 Å². The summed E-state index contributed by atoms with van der Waals surface area (Å²) in [5.41, 5.74) is 5.39. The van der Waals surface area contributed by atoms with Crippen LogP contribution in [0.4, 0.5) is 4.39 Å². The number of nitrogens with zero attached hydrogens (tertiary/aromatic N) is 1. The molecule has 0 aromatic heterocycles. The number of fused-ring (bicyclic) bond motifs is 2. The Morgan fingerprint density at radius 2 is 1.89 bits per heavy atom. The van der Waals surface area contributed by atoms with Crippen molar-refractivity contribution in [2.45, 2.75) is 64.6 Å². The molecule has 0 saturated heterocycles. The van der Waals surface area contributed by atoms with Crippen LogP contribution in [0.2, 0.25) is 0 Å². The van der Waals surface area contributed by atoms with Crippen molar-refractivity contribution in [1.29, 1.82) is 5.26 Å². The SMILES string of the molecule is Cc1cc(OC(C)(C)C#N)cc(C)c1-c1ccc(F)c2c1CC[C@H]2Oc1ccc2c(c1)OCC2CC(=O)O. The van der Waals surface area contributed by atoms with Gasteiger partial charge in [0.15, 0.2) is 5.60 Å². The molecule has 1 aliphatic heterocycles. The summed E-state index contributed by atoms with van der Waals surface area (Å²) in [7, 11) is 0. The van der Waals surface area contributed by atoms with E-state index in [0.29, 0.717) is 42.3 Å². The molecule has 1 N–H and O–H groups in total. The summed E-state index contributed by atoms with van der Waals surface area (Å²) >= 11 is 0. The lowest BCUT2D eigenvalue weighted by Crippen LogP contribution is -2.25. The van der Waals surface area contributed by atoms with E-state index in [-0.39, 0.29) is 18.2 Å². The quantitative estimate of drug-likeness (QED) is 0.372. The van der Waals surface area contributed by atoms with Crippen LogP contribution in [0.15, 0.2) is 42.5 Å². The number of halogens is 1. The number of aryl methyl sites for hydroxylation is 2. The molecule has 2 atom stereocenters. The van der Waals surface area contributed by atoms with Crippen LogP contribution in [0.25, 0.3) is 11.1 Å². The fourth-order valence-corrected chi connectivity index (χ4v) is 5.62. The maximum Gasteiger partial charge on any atom is 0.304 e. The minimum absolute atomic E-state index is 0.0131. The third kappa shape index (κ3) is 4.79. The predicted octanol–water partition coefficient (Wildman–Crippen LogP) is 6.81. The van der Waals surface area contributed by atoms with E-state index in [1.807, 2.05) is 38.1 Å². The minimum atomic E-state index is -0.943. The van der Waals surface area contributed by atoms with Gasteiger partial charge in [0, 0.05) is 23.1 Å². The average Bonchev–Trinajstić information content (AvgIpc) is 3.44. The Balaban J connectivity index is 1.44. The molecular weight excluding hydrogens is 485 g/mol. The van der Waals surface area contributed by atoms with Gasteiger partial charge in [0.05, 0.1) is 13.0 Å². The molecule has 1 aliphatic carbocycles. The molecule has 0 fully saturated rings. The normalized spacial score (nSPS) is 17.8. The van der Waals surface area contributed by atoms with E-state index in [0.717, 1.165) is 33.4 Å². The number of nitriles is 1. The summed E-state index contributed by atoms with van der Waals surface area (Å²) in [5.74, 6) is 0.471. The maximum atomic E-state index is 15.2. The first kappa shape index (κ1) is 25.6. The third-order valence-corrected chi connectivity index (χ3v) is 7.26. The van der Waals surface area contributed by atoms with Crippen LogP contribution in [-0.2, 0) is 11.2 Å². The second-order valence-electron chi connectivity index (χ2n) is 10.6. The Bertz CT molecular complexity index is 1450. The number of aliphatic carboxylic acids is 1. The summed E-state index contributed by atoms with van der Waals surface area (Å²) in [6, 6.07) is 14.7. The fraction of sp³-hybridized carbons (Fsp3) is 0.355. The van der Waals surface area contributed by atoms with Crippen molar-refractivity contribution in [2.75, 3.05) is 6.61 Å². The molecule has 7 heteroatoms. The van der Waals surface area contributed by atoms with Gasteiger partial charge in [-0.25, -0.2) is 4.39 Å². The number of carboxylic acid groups (broad SMARTS) is 1. The van der Waals surface area contributed by atoms with Gasteiger partial charge in [0.1, 0.15) is 35.2 Å². The van der Waals surface area contributed by atoms with Crippen LogP contribution in [0.5, 0.6) is 17.2 Å². The summed E-state index contributed by atoms with van der Waals surface area (Å²) in [6.07, 6.45) is 0.879. The molecule has 196 valence electrons. The summed E-state index contributed by atoms with van der Waals surface area (Å²) in [5, 5.41) is 18.5. The molecule has 5 rings (SSSR count). The van der Waals surface area contributed by atoms with Crippen LogP contribution < -0.4 is 14.2 Å². The van der Waals surface area contributed by atoms with E-state index in [1.54, 1.807) is 26.0 Å². The van der Waals surface area contributed by atoms with E-state index >= 15 is 4.39 Å². The molecule has 0 saturated carbocycles. The lowest BCUT2D eigenvalue weighted by molar-refractivity contribution is -0.137. The minimum Gasteiger partial charge on any atom is -0.492 e. The summed E-state index contributed by atoms with van der Waals surface area (Å²) in [6.45, 7) is 7.76. The van der Waals surface area contributed by atoms with Crippen molar-refractivity contribution in [3.8, 4) is 34.4 Å². The van der Waals surface area contributed by atoms with E-state index in [2.05, 4.69) is 6.07 Å². The van der Waals surface area contributed by atoms with Crippen LogP contribution in [-0.4, -0.2) is 23.3 Å². The zero-order valence-electron chi connectivity index (χ0n) is 21.9. The van der Waals surface area contributed by atoms with Crippen molar-refractivity contribution >= 4 is 5.97 Å². The number of hydrogen-bond donors (Lipinski definition) is 1. The lowest BCUT2D eigenvalue weighted by Gasteiger charge is -2.22. The van der Waals surface area contributed by atoms with Gasteiger partial charge >= 0.3 is 5.97 Å². The van der Waals surface area contributed by atoms with Gasteiger partial charge < -0.3 is 19.3 Å². The predicted molar refractivity (Wildman–Crippen MR) is 140 cm³/mol. The highest BCUT2D eigenvalue weighted by Gasteiger charge is 2.32. The smallest absolute Gasteiger partial charge is 0.304 e. The Labute approximate surface area is 221 Å². The molecule has 0 amide bonds. The monoisotopic (exact) mass is 515 g/mol. The molecule has 3 aromatic rings. The molecule has 0 spiro atoms. The van der Waals surface area contributed by atoms with Gasteiger partial charge in [-0.15, -0.1) is 0 Å². The average molecular weight is 516 g/mol. The number of carboxylic acids is 1. The number of hydrogen-bond acceptors (Lipinski definition) is 5. The zero-order chi connectivity index (χ0) is 27.2. The Morgan fingerprint density at radius 3 is 2.58 bits per heavy atom. The van der Waals surface area contributed by atoms with Gasteiger partial charge in [0.2, 0.25) is 0 Å². The van der Waals surface area contributed by atoms with E-state index in [1.165, 1.54) is 6.07 Å². The molecule has 0 radical (unpaired) electrons. The van der Waals surface area contributed by atoms with Gasteiger partial charge in [-0.3, -0.25) is 4.79 Å². The molecule has 38 heavy (non-hydrogen) atoms. The largest absolute Gasteiger partial charge is 0.492 e. The molecule has 1 heterocycles. The maximum absolute atomic E-state index is 15.2. The van der Waals surface area contributed by atoms with Crippen molar-refractivity contribution in [3.63, 3.8) is 0 Å². The van der Waals surface area contributed by atoms with Crippen molar-refractivity contribution < 1.29 is 28.5 Å². The fourth-order valence-electron chi connectivity index (χ4n) is 5.62. The molecule has 0 bridgehead atoms. The topological polar surface area (TPSA) is 88.8 Å². The molecular formula is C31H30FNO5. The number of carbonyl (C=O) groups is 1. The van der Waals surface area contributed by atoms with Crippen molar-refractivity contribution in [3.05, 3.63) is 76.1 Å². The summed E-state index contributed by atoms with van der Waals surface area (Å²) in [4.78, 5) is 11.1. The summed E-state index contributed by atoms with van der Waals surface area (Å²) < 4.78 is 33.1. The number of rotatable bonds is 7. The van der Waals surface area contributed by atoms with Crippen molar-refractivity contribution in [1.82, 2.24) is 0 Å². The zero-order valence-corrected chi connectivity index (χ0v) is 21.9. The number of ether oxygens (including phenoxy) is 3. The first-order valence-electron chi connectivity index (χ1n) is 12.7. The van der Waals surface area contributed by atoms with Gasteiger partial charge in [-0.05, 0) is 92.6 Å². The second-order valence-corrected chi connectivity index (χ2v) is 10.6. The van der Waals surface area contributed by atoms with Gasteiger partial charge in [-0.2, -0.15) is 5.26 Å². The van der Waals surface area contributed by atoms with Crippen LogP contribution in [0.3, 0.4) is 0 Å². The highest BCUT2D eigenvalue weighted by atomic mass is 19.1. The molecule has 1 unspecified atom stereocenters. The Morgan fingerprint density at radius 1 is 1.16 bits per heavy atom. The highest BCUT2D eigenvalue weighted by Crippen LogP contribution is 2.45. The van der Waals surface area contributed by atoms with E-state index in [4.69, 9.17) is 19.3 Å². The second kappa shape index (κ2) is 9.68. The van der Waals surface area contributed by atoms with E-state index < -0.39 is 17.7 Å². The van der Waals surface area contributed by atoms with Crippen LogP contribution in [0.1, 0.15) is 66.5 Å². The number of benzene rings is 3. The Hall–Kier alpha value is -4.05. The Kier molecular flexibility index (Phi) is 6.52. The standard InChI is InChI=1S/C31H30FNO5/c1-17-11-21(38-31(3,4)16-33)12-18(2)29(17)23-7-9-25(32)30-24(23)8-10-26(30)37-20-5-6-22-19(13-28(34)35)15-36-27(22)14-20/h5-7,9,11-12,14,19,26H,8,10,13,15H2,1-4H3,(H,34,35)/t19?,26-/m1/s1. The molecule has 2 aliphatic rings. The van der Waals surface area contributed by atoms with Crippen LogP contribution >= 0.6 is 0 Å². The van der Waals surface area contributed by atoms with Gasteiger partial charge in [-0.1, -0.05) is 12.1 Å². The van der Waals surface area contributed by atoms with Crippen LogP contribution in [0, 0.1) is 31.0 Å². The van der Waals surface area contributed by atoms with Crippen molar-refractivity contribution in [2.24, 2.45) is 0 Å². The molecule has 6 nitrogen and oxygen atoms in total. The molecule has 3 aromatic carbocycles. The first-order valence-corrected chi connectivity index (χ1v) is 12.7. The third-order valence-electron chi connectivity index (χ3n) is 7.26. The first-order chi connectivity index (χ1) is 18.1. The highest BCUT2D eigenvalue weighted by molar-refractivity contribution is 5.76.